The van der Waals surface area contributed by atoms with E-state index in [1.165, 1.54) is 4.31 Å². The van der Waals surface area contributed by atoms with Crippen LogP contribution in [-0.4, -0.2) is 64.4 Å². The van der Waals surface area contributed by atoms with Crippen LogP contribution in [0.3, 0.4) is 0 Å². The van der Waals surface area contributed by atoms with Crippen molar-refractivity contribution in [2.24, 2.45) is 5.92 Å². The fourth-order valence-electron chi connectivity index (χ4n) is 4.44. The molecule has 0 aliphatic carbocycles. The molecule has 1 fully saturated rings. The summed E-state index contributed by atoms with van der Waals surface area (Å²) in [4.78, 5) is 15.3. The lowest BCUT2D eigenvalue weighted by Gasteiger charge is -2.32. The highest BCUT2D eigenvalue weighted by atomic mass is 32.2. The van der Waals surface area contributed by atoms with Crippen LogP contribution < -0.4 is 10.1 Å². The number of benzene rings is 2. The number of hydrogen-bond acceptors (Lipinski definition) is 5. The largest absolute Gasteiger partial charge is 0.496 e. The lowest BCUT2D eigenvalue weighted by Crippen LogP contribution is -2.44. The molecular weight excluding hydrogens is 438 g/mol. The summed E-state index contributed by atoms with van der Waals surface area (Å²) in [6, 6.07) is 13.2. The number of aryl methyl sites for hydroxylation is 2. The Morgan fingerprint density at radius 3 is 2.42 bits per heavy atom. The molecule has 1 heterocycles. The van der Waals surface area contributed by atoms with Gasteiger partial charge in [-0.3, -0.25) is 4.79 Å². The molecule has 0 saturated carbocycles. The number of carbonyl (C=O) groups excluding carboxylic acids is 1. The van der Waals surface area contributed by atoms with Gasteiger partial charge in [-0.25, -0.2) is 8.42 Å². The standard InChI is InChI=1S/C25H35N3O4S/c1-18-10-11-24(19(2)16-18)33(30,31)28-14-12-20(13-15-28)25(29)26-17-22(27(3)4)21-8-6-7-9-23(21)32-5/h6-11,16,20,22H,12-15,17H2,1-5H3,(H,26,29)/t22-/m1/s1. The molecule has 0 unspecified atom stereocenters. The van der Waals surface area contributed by atoms with Crippen molar-refractivity contribution in [3.05, 3.63) is 59.2 Å². The number of nitrogens with zero attached hydrogens (tertiary/aromatic N) is 2. The highest BCUT2D eigenvalue weighted by Gasteiger charge is 2.33. The molecule has 1 aliphatic heterocycles. The van der Waals surface area contributed by atoms with Crippen molar-refractivity contribution in [3.63, 3.8) is 0 Å². The number of piperidine rings is 1. The molecular formula is C25H35N3O4S. The van der Waals surface area contributed by atoms with Crippen molar-refractivity contribution in [2.75, 3.05) is 40.8 Å². The predicted molar refractivity (Wildman–Crippen MR) is 130 cm³/mol. The average Bonchev–Trinajstić information content (AvgIpc) is 2.79. The maximum absolute atomic E-state index is 13.1. The van der Waals surface area contributed by atoms with Crippen LogP contribution in [0, 0.1) is 19.8 Å². The first-order valence-corrected chi connectivity index (χ1v) is 12.7. The van der Waals surface area contributed by atoms with Gasteiger partial charge in [0, 0.05) is 31.1 Å². The van der Waals surface area contributed by atoms with E-state index in [4.69, 9.17) is 4.74 Å². The topological polar surface area (TPSA) is 79.0 Å². The minimum absolute atomic E-state index is 0.0275. The Hall–Kier alpha value is -2.42. The van der Waals surface area contributed by atoms with Crippen LogP contribution in [0.1, 0.15) is 35.6 Å². The van der Waals surface area contributed by atoms with E-state index in [0.717, 1.165) is 22.4 Å². The summed E-state index contributed by atoms with van der Waals surface area (Å²) in [5.41, 5.74) is 2.80. The minimum Gasteiger partial charge on any atom is -0.496 e. The molecule has 1 aliphatic rings. The van der Waals surface area contributed by atoms with Gasteiger partial charge in [0.05, 0.1) is 18.0 Å². The van der Waals surface area contributed by atoms with Crippen molar-refractivity contribution < 1.29 is 17.9 Å². The molecule has 0 radical (unpaired) electrons. The van der Waals surface area contributed by atoms with E-state index in [9.17, 15) is 13.2 Å². The van der Waals surface area contributed by atoms with Crippen molar-refractivity contribution in [3.8, 4) is 5.75 Å². The Bertz CT molecular complexity index is 1080. The fraction of sp³-hybridized carbons (Fsp3) is 0.480. The summed E-state index contributed by atoms with van der Waals surface area (Å²) >= 11 is 0. The number of rotatable bonds is 8. The van der Waals surface area contributed by atoms with Gasteiger partial charge < -0.3 is 15.0 Å². The quantitative estimate of drug-likeness (QED) is 0.637. The zero-order valence-corrected chi connectivity index (χ0v) is 21.0. The SMILES string of the molecule is COc1ccccc1[C@@H](CNC(=O)C1CCN(S(=O)(=O)c2ccc(C)cc2C)CC1)N(C)C. The molecule has 8 heteroatoms. The number of methoxy groups -OCH3 is 1. The minimum atomic E-state index is -3.56. The fourth-order valence-corrected chi connectivity index (χ4v) is 6.12. The van der Waals surface area contributed by atoms with Crippen LogP contribution in [0.15, 0.2) is 47.4 Å². The summed E-state index contributed by atoms with van der Waals surface area (Å²) in [7, 11) is 2.03. The molecule has 180 valence electrons. The van der Waals surface area contributed by atoms with Gasteiger partial charge in [0.15, 0.2) is 0 Å². The molecule has 33 heavy (non-hydrogen) atoms. The second-order valence-electron chi connectivity index (χ2n) is 8.91. The summed E-state index contributed by atoms with van der Waals surface area (Å²) in [5, 5.41) is 3.08. The van der Waals surface area contributed by atoms with Crippen LogP contribution in [0.4, 0.5) is 0 Å². The lowest BCUT2D eigenvalue weighted by atomic mass is 9.97. The third kappa shape index (κ3) is 5.75. The third-order valence-electron chi connectivity index (χ3n) is 6.36. The maximum Gasteiger partial charge on any atom is 0.243 e. The van der Waals surface area contributed by atoms with Crippen LogP contribution >= 0.6 is 0 Å². The number of sulfonamides is 1. The van der Waals surface area contributed by atoms with E-state index in [1.807, 2.05) is 64.3 Å². The van der Waals surface area contributed by atoms with Gasteiger partial charge in [-0.2, -0.15) is 4.31 Å². The normalized spacial score (nSPS) is 16.5. The number of para-hydroxylation sites is 1. The molecule has 7 nitrogen and oxygen atoms in total. The van der Waals surface area contributed by atoms with Crippen LogP contribution in [-0.2, 0) is 14.8 Å². The second-order valence-corrected chi connectivity index (χ2v) is 10.8. The smallest absolute Gasteiger partial charge is 0.243 e. The number of ether oxygens (including phenoxy) is 1. The van der Waals surface area contributed by atoms with Gasteiger partial charge in [-0.05, 0) is 58.5 Å². The molecule has 0 aromatic heterocycles. The van der Waals surface area contributed by atoms with E-state index < -0.39 is 10.0 Å². The number of amides is 1. The van der Waals surface area contributed by atoms with Crippen LogP contribution in [0.2, 0.25) is 0 Å². The molecule has 1 amide bonds. The lowest BCUT2D eigenvalue weighted by molar-refractivity contribution is -0.126. The number of likely N-dealkylation sites (N-methyl/N-ethyl adjacent to an activating group) is 1. The van der Waals surface area contributed by atoms with E-state index in [2.05, 4.69) is 10.2 Å². The molecule has 0 bridgehead atoms. The molecule has 0 spiro atoms. The van der Waals surface area contributed by atoms with Gasteiger partial charge >= 0.3 is 0 Å². The molecule has 3 rings (SSSR count). The molecule has 1 atom stereocenters. The Balaban J connectivity index is 1.61. The molecule has 2 aromatic carbocycles. The van der Waals surface area contributed by atoms with Crippen molar-refractivity contribution >= 4 is 15.9 Å². The average molecular weight is 474 g/mol. The van der Waals surface area contributed by atoms with Gasteiger partial charge in [0.2, 0.25) is 15.9 Å². The molecule has 2 aromatic rings. The summed E-state index contributed by atoms with van der Waals surface area (Å²) in [6.07, 6.45) is 1.02. The predicted octanol–water partition coefficient (Wildman–Crippen LogP) is 3.13. The van der Waals surface area contributed by atoms with E-state index >= 15 is 0 Å². The summed E-state index contributed by atoms with van der Waals surface area (Å²) in [6.45, 7) is 4.91. The monoisotopic (exact) mass is 473 g/mol. The van der Waals surface area contributed by atoms with Gasteiger partial charge in [-0.1, -0.05) is 35.9 Å². The van der Waals surface area contributed by atoms with E-state index in [0.29, 0.717) is 37.4 Å². The van der Waals surface area contributed by atoms with Crippen molar-refractivity contribution in [1.82, 2.24) is 14.5 Å². The number of carbonyl (C=O) groups is 1. The van der Waals surface area contributed by atoms with Gasteiger partial charge in [0.25, 0.3) is 0 Å². The first-order chi connectivity index (χ1) is 15.6. The first kappa shape index (κ1) is 25.2. The Kier molecular flexibility index (Phi) is 8.15. The van der Waals surface area contributed by atoms with E-state index in [-0.39, 0.29) is 17.9 Å². The van der Waals surface area contributed by atoms with Gasteiger partial charge in [0.1, 0.15) is 5.75 Å². The molecule has 1 saturated heterocycles. The number of hydrogen-bond donors (Lipinski definition) is 1. The Labute approximate surface area is 197 Å². The summed E-state index contributed by atoms with van der Waals surface area (Å²) in [5.74, 6) is 0.562. The molecule has 1 N–H and O–H groups in total. The van der Waals surface area contributed by atoms with Crippen molar-refractivity contribution in [2.45, 2.75) is 37.6 Å². The highest BCUT2D eigenvalue weighted by molar-refractivity contribution is 7.89. The van der Waals surface area contributed by atoms with Crippen LogP contribution in [0.25, 0.3) is 0 Å². The third-order valence-corrected chi connectivity index (χ3v) is 8.42. The zero-order valence-electron chi connectivity index (χ0n) is 20.2. The Morgan fingerprint density at radius 2 is 1.82 bits per heavy atom. The van der Waals surface area contributed by atoms with E-state index in [1.54, 1.807) is 13.2 Å². The van der Waals surface area contributed by atoms with Gasteiger partial charge in [-0.15, -0.1) is 0 Å². The second kappa shape index (κ2) is 10.7. The number of nitrogens with one attached hydrogen (secondary N) is 1. The zero-order chi connectivity index (χ0) is 24.2. The highest BCUT2D eigenvalue weighted by Crippen LogP contribution is 2.29. The van der Waals surface area contributed by atoms with Crippen molar-refractivity contribution in [1.29, 1.82) is 0 Å². The summed E-state index contributed by atoms with van der Waals surface area (Å²) < 4.78 is 33.2. The van der Waals surface area contributed by atoms with Crippen LogP contribution in [0.5, 0.6) is 5.75 Å². The maximum atomic E-state index is 13.1. The Morgan fingerprint density at radius 1 is 1.15 bits per heavy atom. The first-order valence-electron chi connectivity index (χ1n) is 11.3.